The summed E-state index contributed by atoms with van der Waals surface area (Å²) in [6.07, 6.45) is 2.04. The molecule has 112 valence electrons. The van der Waals surface area contributed by atoms with Crippen LogP contribution in [0.15, 0.2) is 58.0 Å². The molecule has 22 heavy (non-hydrogen) atoms. The van der Waals surface area contributed by atoms with E-state index in [9.17, 15) is 5.11 Å². The number of amidine groups is 1. The number of nitrogens with zero attached hydrogens (tertiary/aromatic N) is 1. The van der Waals surface area contributed by atoms with Gasteiger partial charge in [-0.3, -0.25) is 0 Å². The van der Waals surface area contributed by atoms with Crippen LogP contribution in [0.25, 0.3) is 5.70 Å². The summed E-state index contributed by atoms with van der Waals surface area (Å²) in [6, 6.07) is 13.6. The highest BCUT2D eigenvalue weighted by atomic mass is 79.9. The number of phenolic OH excluding ortho intramolecular Hbond substituents is 1. The zero-order chi connectivity index (χ0) is 15.7. The van der Waals surface area contributed by atoms with E-state index in [1.165, 1.54) is 11.8 Å². The number of nitrogens with two attached hydrogens (primary N) is 1. The van der Waals surface area contributed by atoms with E-state index in [4.69, 9.17) is 5.73 Å². The van der Waals surface area contributed by atoms with E-state index < -0.39 is 0 Å². The van der Waals surface area contributed by atoms with Gasteiger partial charge in [0.1, 0.15) is 5.75 Å². The number of halogens is 1. The number of hydrogen-bond donors (Lipinski definition) is 2. The van der Waals surface area contributed by atoms with Crippen molar-refractivity contribution in [2.45, 2.75) is 12.2 Å². The summed E-state index contributed by atoms with van der Waals surface area (Å²) in [5, 5.41) is 10.7. The molecule has 5 heteroatoms. The third kappa shape index (κ3) is 3.20. The molecule has 0 bridgehead atoms. The molecule has 3 rings (SSSR count). The summed E-state index contributed by atoms with van der Waals surface area (Å²) in [5.41, 5.74) is 9.63. The second-order valence-electron chi connectivity index (χ2n) is 5.12. The number of aryl methyl sites for hydroxylation is 1. The van der Waals surface area contributed by atoms with E-state index in [1.807, 2.05) is 37.3 Å². The van der Waals surface area contributed by atoms with Gasteiger partial charge < -0.3 is 10.8 Å². The zero-order valence-corrected chi connectivity index (χ0v) is 14.4. The van der Waals surface area contributed by atoms with Gasteiger partial charge in [0.15, 0.2) is 5.17 Å². The number of phenols is 1. The van der Waals surface area contributed by atoms with E-state index in [0.717, 1.165) is 15.6 Å². The Labute approximate surface area is 142 Å². The van der Waals surface area contributed by atoms with Crippen molar-refractivity contribution in [3.05, 3.63) is 69.7 Å². The first kappa shape index (κ1) is 15.2. The molecule has 1 heterocycles. The predicted octanol–water partition coefficient (Wildman–Crippen LogP) is 4.61. The highest BCUT2D eigenvalue weighted by Crippen LogP contribution is 2.40. The molecule has 3 nitrogen and oxygen atoms in total. The fourth-order valence-corrected chi connectivity index (χ4v) is 3.65. The van der Waals surface area contributed by atoms with Crippen LogP contribution in [-0.4, -0.2) is 10.3 Å². The number of aromatic hydroxyl groups is 1. The van der Waals surface area contributed by atoms with Crippen molar-refractivity contribution in [2.75, 3.05) is 0 Å². The highest BCUT2D eigenvalue weighted by molar-refractivity contribution is 9.10. The van der Waals surface area contributed by atoms with Crippen LogP contribution < -0.4 is 5.73 Å². The quantitative estimate of drug-likeness (QED) is 0.806. The minimum Gasteiger partial charge on any atom is -0.507 e. The van der Waals surface area contributed by atoms with Crippen molar-refractivity contribution in [1.82, 2.24) is 0 Å². The molecule has 1 aliphatic heterocycles. The molecule has 1 aliphatic rings. The van der Waals surface area contributed by atoms with Crippen LogP contribution >= 0.6 is 27.7 Å². The van der Waals surface area contributed by atoms with Crippen LogP contribution in [0.4, 0.5) is 0 Å². The summed E-state index contributed by atoms with van der Waals surface area (Å²) in [7, 11) is 0. The third-order valence-corrected chi connectivity index (χ3v) is 4.88. The maximum atomic E-state index is 10.1. The first-order valence-corrected chi connectivity index (χ1v) is 8.48. The lowest BCUT2D eigenvalue weighted by Crippen LogP contribution is -2.13. The Hall–Kier alpha value is -1.72. The van der Waals surface area contributed by atoms with Crippen molar-refractivity contribution < 1.29 is 5.11 Å². The van der Waals surface area contributed by atoms with Gasteiger partial charge in [0.2, 0.25) is 0 Å². The van der Waals surface area contributed by atoms with E-state index in [0.29, 0.717) is 16.4 Å². The second-order valence-corrected chi connectivity index (χ2v) is 7.19. The molecule has 0 saturated carbocycles. The van der Waals surface area contributed by atoms with Crippen LogP contribution in [0.2, 0.25) is 0 Å². The Morgan fingerprint density at radius 1 is 1.23 bits per heavy atom. The SMILES string of the molecule is Cc1ccc(O)c(C2=CC(c3cccc(Br)c3)SC(N)=N2)c1. The Balaban J connectivity index is 2.05. The van der Waals surface area contributed by atoms with Gasteiger partial charge >= 0.3 is 0 Å². The van der Waals surface area contributed by atoms with E-state index in [-0.39, 0.29) is 11.0 Å². The molecule has 0 fully saturated rings. The second kappa shape index (κ2) is 6.18. The van der Waals surface area contributed by atoms with Crippen LogP contribution in [-0.2, 0) is 0 Å². The molecule has 0 aliphatic carbocycles. The summed E-state index contributed by atoms with van der Waals surface area (Å²) in [6.45, 7) is 1.99. The van der Waals surface area contributed by atoms with Gasteiger partial charge in [-0.05, 0) is 42.8 Å². The molecule has 1 atom stereocenters. The summed E-state index contributed by atoms with van der Waals surface area (Å²) < 4.78 is 1.03. The average Bonchev–Trinajstić information content (AvgIpc) is 2.49. The van der Waals surface area contributed by atoms with Gasteiger partial charge in [-0.25, -0.2) is 4.99 Å². The number of hydrogen-bond acceptors (Lipinski definition) is 4. The summed E-state index contributed by atoms with van der Waals surface area (Å²) >= 11 is 5.00. The minimum absolute atomic E-state index is 0.0740. The zero-order valence-electron chi connectivity index (χ0n) is 12.0. The summed E-state index contributed by atoms with van der Waals surface area (Å²) in [4.78, 5) is 4.40. The first-order valence-electron chi connectivity index (χ1n) is 6.81. The Kier molecular flexibility index (Phi) is 4.27. The molecule has 0 amide bonds. The van der Waals surface area contributed by atoms with E-state index >= 15 is 0 Å². The highest BCUT2D eigenvalue weighted by Gasteiger charge is 2.20. The lowest BCUT2D eigenvalue weighted by molar-refractivity contribution is 0.473. The topological polar surface area (TPSA) is 58.6 Å². The smallest absolute Gasteiger partial charge is 0.160 e. The fourth-order valence-electron chi connectivity index (χ4n) is 2.34. The Morgan fingerprint density at radius 3 is 2.82 bits per heavy atom. The number of thioether (sulfide) groups is 1. The molecule has 0 spiro atoms. The van der Waals surface area contributed by atoms with Gasteiger partial charge in [-0.15, -0.1) is 0 Å². The van der Waals surface area contributed by atoms with Gasteiger partial charge in [-0.2, -0.15) is 0 Å². The van der Waals surface area contributed by atoms with E-state index in [1.54, 1.807) is 6.07 Å². The fraction of sp³-hybridized carbons (Fsp3) is 0.118. The van der Waals surface area contributed by atoms with Crippen molar-refractivity contribution in [3.8, 4) is 5.75 Å². The van der Waals surface area contributed by atoms with Crippen LogP contribution in [0, 0.1) is 6.92 Å². The Morgan fingerprint density at radius 2 is 2.05 bits per heavy atom. The lowest BCUT2D eigenvalue weighted by Gasteiger charge is -2.19. The molecule has 0 saturated heterocycles. The maximum Gasteiger partial charge on any atom is 0.160 e. The lowest BCUT2D eigenvalue weighted by atomic mass is 10.0. The average molecular weight is 375 g/mol. The standard InChI is InChI=1S/C17H15BrN2OS/c1-10-5-6-15(21)13(7-10)14-9-16(22-17(19)20-14)11-3-2-4-12(18)8-11/h2-9,16,21H,1H3,(H2,19,20). The molecule has 1 unspecified atom stereocenters. The Bertz CT molecular complexity index is 786. The largest absolute Gasteiger partial charge is 0.507 e. The van der Waals surface area contributed by atoms with Gasteiger partial charge in [0.05, 0.1) is 10.9 Å². The monoisotopic (exact) mass is 374 g/mol. The molecule has 0 radical (unpaired) electrons. The maximum absolute atomic E-state index is 10.1. The normalized spacial score (nSPS) is 17.8. The molecular formula is C17H15BrN2OS. The number of benzene rings is 2. The molecule has 2 aromatic carbocycles. The van der Waals surface area contributed by atoms with Crippen LogP contribution in [0.3, 0.4) is 0 Å². The number of rotatable bonds is 2. The van der Waals surface area contributed by atoms with Crippen molar-refractivity contribution in [2.24, 2.45) is 10.7 Å². The van der Waals surface area contributed by atoms with Crippen LogP contribution in [0.5, 0.6) is 5.75 Å². The van der Waals surface area contributed by atoms with Gasteiger partial charge in [0, 0.05) is 10.0 Å². The number of aliphatic imine (C=N–C) groups is 1. The minimum atomic E-state index is 0.0740. The molecule has 3 N–H and O–H groups in total. The van der Waals surface area contributed by atoms with Gasteiger partial charge in [-0.1, -0.05) is 51.5 Å². The summed E-state index contributed by atoms with van der Waals surface area (Å²) in [5.74, 6) is 0.216. The molecule has 0 aromatic heterocycles. The molecular weight excluding hydrogens is 360 g/mol. The van der Waals surface area contributed by atoms with Gasteiger partial charge in [0.25, 0.3) is 0 Å². The third-order valence-electron chi connectivity index (χ3n) is 3.39. The first-order chi connectivity index (χ1) is 10.5. The van der Waals surface area contributed by atoms with Crippen molar-refractivity contribution in [1.29, 1.82) is 0 Å². The van der Waals surface area contributed by atoms with E-state index in [2.05, 4.69) is 33.1 Å². The van der Waals surface area contributed by atoms with Crippen molar-refractivity contribution in [3.63, 3.8) is 0 Å². The van der Waals surface area contributed by atoms with Crippen molar-refractivity contribution >= 4 is 38.6 Å². The predicted molar refractivity (Wildman–Crippen MR) is 96.9 cm³/mol. The molecule has 2 aromatic rings. The van der Waals surface area contributed by atoms with Crippen LogP contribution in [0.1, 0.15) is 21.9 Å².